The van der Waals surface area contributed by atoms with Gasteiger partial charge in [0.15, 0.2) is 0 Å². The van der Waals surface area contributed by atoms with Crippen LogP contribution in [-0.2, 0) is 18.4 Å². The van der Waals surface area contributed by atoms with Crippen LogP contribution in [-0.4, -0.2) is 41.5 Å². The van der Waals surface area contributed by atoms with Crippen molar-refractivity contribution in [3.63, 3.8) is 0 Å². The Morgan fingerprint density at radius 2 is 1.80 bits per heavy atom. The van der Waals surface area contributed by atoms with E-state index in [1.165, 1.54) is 4.67 Å². The Morgan fingerprint density at radius 1 is 1.25 bits per heavy atom. The zero-order valence-corrected chi connectivity index (χ0v) is 13.3. The molecule has 0 bridgehead atoms. The van der Waals surface area contributed by atoms with Crippen LogP contribution in [0.25, 0.3) is 0 Å². The highest BCUT2D eigenvalue weighted by atomic mass is 31.2. The zero-order chi connectivity index (χ0) is 15.0. The molecule has 1 fully saturated rings. The summed E-state index contributed by atoms with van der Waals surface area (Å²) in [6.45, 7) is 5.16. The first-order valence-corrected chi connectivity index (χ1v) is 8.93. The van der Waals surface area contributed by atoms with E-state index in [-0.39, 0.29) is 0 Å². The van der Waals surface area contributed by atoms with Crippen LogP contribution >= 0.6 is 7.75 Å². The van der Waals surface area contributed by atoms with E-state index < -0.39 is 19.8 Å². The number of hydrogen-bond acceptors (Lipinski definition) is 4. The fourth-order valence-electron chi connectivity index (χ4n) is 2.13. The van der Waals surface area contributed by atoms with E-state index in [2.05, 4.69) is 0 Å². The third-order valence-corrected chi connectivity index (χ3v) is 5.45. The smallest absolute Gasteiger partial charge is 0.408 e. The van der Waals surface area contributed by atoms with Gasteiger partial charge in [0.05, 0.1) is 13.2 Å². The molecule has 1 saturated heterocycles. The molecule has 1 N–H and O–H groups in total. The minimum absolute atomic E-state index is 0.336. The molecule has 0 saturated carbocycles. The number of carboxylic acids is 1. The van der Waals surface area contributed by atoms with Crippen molar-refractivity contribution in [2.24, 2.45) is 0 Å². The zero-order valence-electron chi connectivity index (χ0n) is 12.4. The summed E-state index contributed by atoms with van der Waals surface area (Å²) >= 11 is 0. The molecule has 1 rings (SSSR count). The minimum atomic E-state index is -3.48. The fraction of sp³-hybridized carbons (Fsp3) is 0.923. The van der Waals surface area contributed by atoms with Crippen molar-refractivity contribution < 1.29 is 23.5 Å². The molecule has 1 aliphatic heterocycles. The van der Waals surface area contributed by atoms with Crippen molar-refractivity contribution in [3.8, 4) is 0 Å². The van der Waals surface area contributed by atoms with Crippen molar-refractivity contribution >= 4 is 13.7 Å². The Hall–Kier alpha value is -0.420. The third kappa shape index (κ3) is 4.85. The molecule has 0 amide bonds. The Kier molecular flexibility index (Phi) is 7.74. The summed E-state index contributed by atoms with van der Waals surface area (Å²) in [5.41, 5.74) is 0. The molecule has 7 heteroatoms. The maximum atomic E-state index is 12.9. The van der Waals surface area contributed by atoms with Gasteiger partial charge in [-0.2, -0.15) is 4.67 Å². The first-order valence-electron chi connectivity index (χ1n) is 7.44. The topological polar surface area (TPSA) is 76.1 Å². The monoisotopic (exact) mass is 307 g/mol. The highest BCUT2D eigenvalue weighted by molar-refractivity contribution is 7.51. The summed E-state index contributed by atoms with van der Waals surface area (Å²) in [5, 5.41) is 9.22. The van der Waals surface area contributed by atoms with Crippen LogP contribution in [0.1, 0.15) is 52.4 Å². The van der Waals surface area contributed by atoms with Gasteiger partial charge in [-0.3, -0.25) is 13.8 Å². The molecular weight excluding hydrogens is 281 g/mol. The molecule has 0 aliphatic carbocycles. The van der Waals surface area contributed by atoms with Gasteiger partial charge in [-0.15, -0.1) is 0 Å². The van der Waals surface area contributed by atoms with Gasteiger partial charge in [0.25, 0.3) is 0 Å². The van der Waals surface area contributed by atoms with E-state index >= 15 is 0 Å². The predicted octanol–water partition coefficient (Wildman–Crippen LogP) is 3.28. The molecule has 0 radical (unpaired) electrons. The Balaban J connectivity index is 2.73. The van der Waals surface area contributed by atoms with E-state index in [0.717, 1.165) is 25.7 Å². The normalized spacial score (nSPS) is 20.4. The molecule has 0 unspecified atom stereocenters. The van der Waals surface area contributed by atoms with E-state index in [4.69, 9.17) is 9.05 Å². The molecule has 0 spiro atoms. The number of nitrogens with zero attached hydrogens (tertiary/aromatic N) is 1. The molecular formula is C13H26NO5P. The summed E-state index contributed by atoms with van der Waals surface area (Å²) < 4.78 is 25.3. The van der Waals surface area contributed by atoms with Crippen molar-refractivity contribution in [2.45, 2.75) is 58.4 Å². The van der Waals surface area contributed by atoms with Gasteiger partial charge in [0.1, 0.15) is 6.04 Å². The van der Waals surface area contributed by atoms with Gasteiger partial charge in [-0.25, -0.2) is 4.57 Å². The standard InChI is InChI=1S/C13H26NO5P/c1-3-5-10-18-20(17,19-11-6-4-2)14-9-7-8-12(14)13(15)16/h12H,3-11H2,1-2H3,(H,15,16)/t12-/m1/s1. The van der Waals surface area contributed by atoms with E-state index in [1.807, 2.05) is 13.8 Å². The van der Waals surface area contributed by atoms with Crippen LogP contribution < -0.4 is 0 Å². The van der Waals surface area contributed by atoms with Gasteiger partial charge < -0.3 is 5.11 Å². The van der Waals surface area contributed by atoms with Crippen molar-refractivity contribution in [3.05, 3.63) is 0 Å². The Bertz CT molecular complexity index is 336. The van der Waals surface area contributed by atoms with Crippen LogP contribution in [0.3, 0.4) is 0 Å². The summed E-state index contributed by atoms with van der Waals surface area (Å²) in [6.07, 6.45) is 4.62. The number of carbonyl (C=O) groups is 1. The Morgan fingerprint density at radius 3 is 2.25 bits per heavy atom. The highest BCUT2D eigenvalue weighted by Crippen LogP contribution is 2.55. The van der Waals surface area contributed by atoms with E-state index in [1.54, 1.807) is 0 Å². The quantitative estimate of drug-likeness (QED) is 0.493. The predicted molar refractivity (Wildman–Crippen MR) is 76.7 cm³/mol. The summed E-state index contributed by atoms with van der Waals surface area (Å²) in [4.78, 5) is 11.2. The average molecular weight is 307 g/mol. The third-order valence-electron chi connectivity index (χ3n) is 3.33. The molecule has 1 heterocycles. The largest absolute Gasteiger partial charge is 0.480 e. The van der Waals surface area contributed by atoms with Gasteiger partial charge >= 0.3 is 13.7 Å². The lowest BCUT2D eigenvalue weighted by molar-refractivity contribution is -0.141. The lowest BCUT2D eigenvalue weighted by atomic mass is 10.2. The Labute approximate surface area is 121 Å². The molecule has 1 aliphatic rings. The maximum Gasteiger partial charge on any atom is 0.408 e. The summed E-state index contributed by atoms with van der Waals surface area (Å²) in [6, 6.07) is -0.760. The fourth-order valence-corrected chi connectivity index (χ4v) is 4.16. The lowest BCUT2D eigenvalue weighted by Gasteiger charge is -2.29. The number of unbranched alkanes of at least 4 members (excludes halogenated alkanes) is 2. The van der Waals surface area contributed by atoms with Gasteiger partial charge in [-0.1, -0.05) is 26.7 Å². The number of rotatable bonds is 10. The first-order chi connectivity index (χ1) is 9.55. The highest BCUT2D eigenvalue weighted by Gasteiger charge is 2.44. The second-order valence-electron chi connectivity index (χ2n) is 5.00. The second kappa shape index (κ2) is 8.78. The van der Waals surface area contributed by atoms with Crippen molar-refractivity contribution in [1.82, 2.24) is 4.67 Å². The minimum Gasteiger partial charge on any atom is -0.480 e. The number of hydrogen-bond donors (Lipinski definition) is 1. The van der Waals surface area contributed by atoms with Crippen LogP contribution in [0, 0.1) is 0 Å². The molecule has 20 heavy (non-hydrogen) atoms. The first kappa shape index (κ1) is 17.6. The summed E-state index contributed by atoms with van der Waals surface area (Å²) in [7, 11) is -3.48. The average Bonchev–Trinajstić information content (AvgIpc) is 2.89. The molecule has 0 aromatic rings. The SMILES string of the molecule is CCCCOP(=O)(OCCCC)N1CCC[C@@H]1C(=O)O. The summed E-state index contributed by atoms with van der Waals surface area (Å²) in [5.74, 6) is -0.957. The molecule has 1 atom stereocenters. The van der Waals surface area contributed by atoms with Crippen molar-refractivity contribution in [2.75, 3.05) is 19.8 Å². The molecule has 0 aromatic carbocycles. The lowest BCUT2D eigenvalue weighted by Crippen LogP contribution is -2.35. The van der Waals surface area contributed by atoms with Crippen LogP contribution in [0.2, 0.25) is 0 Å². The van der Waals surface area contributed by atoms with Gasteiger partial charge in [0, 0.05) is 6.54 Å². The van der Waals surface area contributed by atoms with Gasteiger partial charge in [-0.05, 0) is 25.7 Å². The number of aliphatic carboxylic acids is 1. The van der Waals surface area contributed by atoms with Crippen LogP contribution in [0.4, 0.5) is 0 Å². The molecule has 118 valence electrons. The van der Waals surface area contributed by atoms with E-state index in [9.17, 15) is 14.5 Å². The van der Waals surface area contributed by atoms with Crippen molar-refractivity contribution in [1.29, 1.82) is 0 Å². The number of carboxylic acid groups (broad SMARTS) is 1. The van der Waals surface area contributed by atoms with E-state index in [0.29, 0.717) is 32.6 Å². The van der Waals surface area contributed by atoms with Crippen LogP contribution in [0.5, 0.6) is 0 Å². The van der Waals surface area contributed by atoms with Crippen LogP contribution in [0.15, 0.2) is 0 Å². The van der Waals surface area contributed by atoms with Gasteiger partial charge in [0.2, 0.25) is 0 Å². The molecule has 6 nitrogen and oxygen atoms in total. The second-order valence-corrected chi connectivity index (χ2v) is 6.97. The maximum absolute atomic E-state index is 12.9. The molecule has 0 aromatic heterocycles.